The van der Waals surface area contributed by atoms with Gasteiger partial charge in [-0.25, -0.2) is 4.98 Å². The number of aliphatic hydroxyl groups is 1. The molecule has 0 aliphatic rings. The van der Waals surface area contributed by atoms with Crippen molar-refractivity contribution in [1.29, 1.82) is 0 Å². The molecule has 5 N–H and O–H groups in total. The quantitative estimate of drug-likeness (QED) is 0.312. The third kappa shape index (κ3) is 5.69. The molecule has 2 aromatic heterocycles. The van der Waals surface area contributed by atoms with Crippen LogP contribution in [0.25, 0.3) is 22.2 Å². The van der Waals surface area contributed by atoms with Gasteiger partial charge in [-0.05, 0) is 61.4 Å². The summed E-state index contributed by atoms with van der Waals surface area (Å²) in [6.07, 6.45) is -0.646. The van der Waals surface area contributed by atoms with Crippen LogP contribution in [-0.4, -0.2) is 21.5 Å². The van der Waals surface area contributed by atoms with Crippen molar-refractivity contribution in [3.05, 3.63) is 78.1 Å². The number of pyridine rings is 1. The van der Waals surface area contributed by atoms with E-state index in [9.17, 15) is 18.3 Å². The number of primary amides is 1. The first-order chi connectivity index (χ1) is 15.5. The number of benzene rings is 2. The molecule has 33 heavy (non-hydrogen) atoms. The Hall–Kier alpha value is -3.85. The number of aromatic amines is 1. The van der Waals surface area contributed by atoms with Gasteiger partial charge in [-0.2, -0.15) is 13.2 Å². The van der Waals surface area contributed by atoms with E-state index in [1.165, 1.54) is 12.1 Å². The highest BCUT2D eigenvalue weighted by Crippen LogP contribution is 2.33. The van der Waals surface area contributed by atoms with Crippen molar-refractivity contribution in [3.8, 4) is 11.1 Å². The van der Waals surface area contributed by atoms with Crippen LogP contribution >= 0.6 is 0 Å². The van der Waals surface area contributed by atoms with Crippen LogP contribution in [0.5, 0.6) is 0 Å². The number of alkyl halides is 3. The average Bonchev–Trinajstić information content (AvgIpc) is 3.15. The third-order valence-electron chi connectivity index (χ3n) is 4.92. The smallest absolute Gasteiger partial charge is 0.386 e. The molecule has 0 aliphatic heterocycles. The molecule has 4 aromatic rings. The Bertz CT molecular complexity index is 1240. The number of H-pyrrole nitrogens is 1. The summed E-state index contributed by atoms with van der Waals surface area (Å²) in [4.78, 5) is 16.1. The highest BCUT2D eigenvalue weighted by Gasteiger charge is 2.30. The lowest BCUT2D eigenvalue weighted by atomic mass is 9.94. The average molecular weight is 456 g/mol. The molecule has 0 unspecified atom stereocenters. The third-order valence-corrected chi connectivity index (χ3v) is 4.92. The van der Waals surface area contributed by atoms with E-state index < -0.39 is 17.3 Å². The molecule has 0 bridgehead atoms. The number of hydrogen-bond acceptors (Lipinski definition) is 4. The van der Waals surface area contributed by atoms with Crippen molar-refractivity contribution in [2.24, 2.45) is 5.73 Å². The SMILES string of the molecule is CC(C)(O)c1cccc(-c2cnc3[nH]cc(Nc4ccc(C(F)(F)F)cc4)c3c2)c1.NC=O. The molecule has 0 radical (unpaired) electrons. The highest BCUT2D eigenvalue weighted by atomic mass is 19.4. The number of hydrogen-bond donors (Lipinski definition) is 4. The van der Waals surface area contributed by atoms with Gasteiger partial charge in [-0.15, -0.1) is 0 Å². The van der Waals surface area contributed by atoms with Gasteiger partial charge in [-0.3, -0.25) is 4.79 Å². The Morgan fingerprint density at radius 2 is 1.70 bits per heavy atom. The summed E-state index contributed by atoms with van der Waals surface area (Å²) in [5, 5.41) is 14.2. The van der Waals surface area contributed by atoms with Gasteiger partial charge in [0.1, 0.15) is 5.65 Å². The van der Waals surface area contributed by atoms with Crippen molar-refractivity contribution >= 4 is 28.8 Å². The van der Waals surface area contributed by atoms with Gasteiger partial charge in [0.15, 0.2) is 0 Å². The number of amides is 1. The number of aromatic nitrogens is 2. The maximum Gasteiger partial charge on any atom is 0.416 e. The molecule has 0 saturated carbocycles. The molecule has 0 spiro atoms. The second kappa shape index (κ2) is 9.33. The summed E-state index contributed by atoms with van der Waals surface area (Å²) in [7, 11) is 0. The largest absolute Gasteiger partial charge is 0.416 e. The number of anilines is 2. The van der Waals surface area contributed by atoms with Crippen LogP contribution in [0.15, 0.2) is 67.0 Å². The van der Waals surface area contributed by atoms with E-state index in [-0.39, 0.29) is 6.41 Å². The van der Waals surface area contributed by atoms with E-state index >= 15 is 0 Å². The van der Waals surface area contributed by atoms with Crippen LogP contribution in [-0.2, 0) is 16.6 Å². The predicted molar refractivity (Wildman–Crippen MR) is 122 cm³/mol. The van der Waals surface area contributed by atoms with Crippen LogP contribution in [0.3, 0.4) is 0 Å². The minimum Gasteiger partial charge on any atom is -0.386 e. The standard InChI is InChI=1S/C23H20F3N3O.CH3NO/c1-22(2,30)17-5-3-4-14(10-17)15-11-19-20(13-28-21(19)27-12-15)29-18-8-6-16(7-9-18)23(24,25)26;2-1-3/h3-13,29-30H,1-2H3,(H,27,28);1H,(H2,2,3). The molecule has 1 amide bonds. The summed E-state index contributed by atoms with van der Waals surface area (Å²) in [5.74, 6) is 0. The summed E-state index contributed by atoms with van der Waals surface area (Å²) >= 11 is 0. The number of carbonyl (C=O) groups excluding carboxylic acids is 1. The molecular formula is C24H23F3N4O2. The second-order valence-electron chi connectivity index (χ2n) is 7.80. The molecule has 4 rings (SSSR count). The summed E-state index contributed by atoms with van der Waals surface area (Å²) < 4.78 is 38.3. The van der Waals surface area contributed by atoms with E-state index in [4.69, 9.17) is 4.79 Å². The van der Waals surface area contributed by atoms with Crippen molar-refractivity contribution in [3.63, 3.8) is 0 Å². The normalized spacial score (nSPS) is 11.6. The Labute approximate surface area is 188 Å². The number of nitrogens with zero attached hydrogens (tertiary/aromatic N) is 1. The summed E-state index contributed by atoms with van der Waals surface area (Å²) in [5.41, 5.74) is 6.98. The number of rotatable bonds is 4. The van der Waals surface area contributed by atoms with Gasteiger partial charge < -0.3 is 21.1 Å². The van der Waals surface area contributed by atoms with Gasteiger partial charge in [0, 0.05) is 29.0 Å². The lowest BCUT2D eigenvalue weighted by Gasteiger charge is -2.18. The maximum absolute atomic E-state index is 12.8. The molecule has 6 nitrogen and oxygen atoms in total. The van der Waals surface area contributed by atoms with Crippen LogP contribution in [0.4, 0.5) is 24.5 Å². The number of nitrogens with two attached hydrogens (primary N) is 1. The minimum atomic E-state index is -4.37. The fourth-order valence-electron chi connectivity index (χ4n) is 3.24. The molecule has 0 fully saturated rings. The van der Waals surface area contributed by atoms with Crippen LogP contribution in [0.2, 0.25) is 0 Å². The predicted octanol–water partition coefficient (Wildman–Crippen LogP) is 5.32. The Balaban J connectivity index is 0.000000968. The fraction of sp³-hybridized carbons (Fsp3) is 0.167. The summed E-state index contributed by atoms with van der Waals surface area (Å²) in [6, 6.07) is 14.4. The van der Waals surface area contributed by atoms with Gasteiger partial charge in [-0.1, -0.05) is 18.2 Å². The lowest BCUT2D eigenvalue weighted by molar-refractivity contribution is -0.137. The topological polar surface area (TPSA) is 104 Å². The number of nitrogens with one attached hydrogen (secondary N) is 2. The zero-order valence-electron chi connectivity index (χ0n) is 17.9. The Kier molecular flexibility index (Phi) is 6.73. The zero-order chi connectivity index (χ0) is 24.2. The minimum absolute atomic E-state index is 0.250. The van der Waals surface area contributed by atoms with Crippen LogP contribution in [0, 0.1) is 0 Å². The summed E-state index contributed by atoms with van der Waals surface area (Å²) in [6.45, 7) is 3.46. The van der Waals surface area contributed by atoms with Gasteiger partial charge in [0.2, 0.25) is 6.41 Å². The lowest BCUT2D eigenvalue weighted by Crippen LogP contribution is -2.15. The van der Waals surface area contributed by atoms with Crippen molar-refractivity contribution in [2.45, 2.75) is 25.6 Å². The van der Waals surface area contributed by atoms with E-state index in [0.717, 1.165) is 34.2 Å². The molecule has 2 heterocycles. The first kappa shape index (κ1) is 23.8. The molecule has 172 valence electrons. The van der Waals surface area contributed by atoms with E-state index in [1.807, 2.05) is 30.3 Å². The number of carbonyl (C=O) groups is 1. The first-order valence-corrected chi connectivity index (χ1v) is 9.93. The Morgan fingerprint density at radius 3 is 2.30 bits per heavy atom. The molecule has 0 saturated heterocycles. The molecular weight excluding hydrogens is 433 g/mol. The van der Waals surface area contributed by atoms with Gasteiger partial charge in [0.05, 0.1) is 16.9 Å². The van der Waals surface area contributed by atoms with Gasteiger partial charge in [0.25, 0.3) is 0 Å². The van der Waals surface area contributed by atoms with Crippen molar-refractivity contribution < 1.29 is 23.1 Å². The Morgan fingerprint density at radius 1 is 1.03 bits per heavy atom. The van der Waals surface area contributed by atoms with Crippen LogP contribution in [0.1, 0.15) is 25.0 Å². The van der Waals surface area contributed by atoms with Gasteiger partial charge >= 0.3 is 6.18 Å². The number of halogens is 3. The van der Waals surface area contributed by atoms with Crippen molar-refractivity contribution in [2.75, 3.05) is 5.32 Å². The molecule has 0 aliphatic carbocycles. The maximum atomic E-state index is 12.8. The van der Waals surface area contributed by atoms with Crippen LogP contribution < -0.4 is 11.1 Å². The van der Waals surface area contributed by atoms with E-state index in [0.29, 0.717) is 17.0 Å². The fourth-order valence-corrected chi connectivity index (χ4v) is 3.24. The van der Waals surface area contributed by atoms with E-state index in [2.05, 4.69) is 21.0 Å². The number of fused-ring (bicyclic) bond motifs is 1. The zero-order valence-corrected chi connectivity index (χ0v) is 17.9. The first-order valence-electron chi connectivity index (χ1n) is 9.93. The molecule has 2 aromatic carbocycles. The van der Waals surface area contributed by atoms with E-state index in [1.54, 1.807) is 26.2 Å². The highest BCUT2D eigenvalue weighted by molar-refractivity contribution is 5.94. The molecule has 0 atom stereocenters. The monoisotopic (exact) mass is 456 g/mol. The molecule has 9 heteroatoms. The second-order valence-corrected chi connectivity index (χ2v) is 7.80. The van der Waals surface area contributed by atoms with Crippen molar-refractivity contribution in [1.82, 2.24) is 9.97 Å².